The number of nitrogens with zero attached hydrogens (tertiary/aromatic N) is 3. The van der Waals surface area contributed by atoms with Gasteiger partial charge in [-0.3, -0.25) is 9.48 Å². The largest absolute Gasteiger partial charge is 0.378 e. The maximum absolute atomic E-state index is 13.6. The summed E-state index contributed by atoms with van der Waals surface area (Å²) in [7, 11) is 1.71. The number of pyridine rings is 1. The molecule has 5 nitrogen and oxygen atoms in total. The molecule has 1 unspecified atom stereocenters. The number of halogens is 2. The van der Waals surface area contributed by atoms with Crippen molar-refractivity contribution in [1.29, 1.82) is 0 Å². The fourth-order valence-electron chi connectivity index (χ4n) is 3.73. The third kappa shape index (κ3) is 2.40. The van der Waals surface area contributed by atoms with Gasteiger partial charge in [-0.2, -0.15) is 5.10 Å². The molecule has 0 bridgehead atoms. The van der Waals surface area contributed by atoms with Gasteiger partial charge in [0.15, 0.2) is 5.52 Å². The van der Waals surface area contributed by atoms with Crippen LogP contribution >= 0.6 is 11.6 Å². The number of hydrogen-bond acceptors (Lipinski definition) is 3. The number of benzene rings is 1. The Morgan fingerprint density at radius 2 is 2.12 bits per heavy atom. The molecule has 26 heavy (non-hydrogen) atoms. The molecular weight excluding hydrogens is 357 g/mol. The lowest BCUT2D eigenvalue weighted by molar-refractivity contribution is 0.0494. The average molecular weight is 376 g/mol. The van der Waals surface area contributed by atoms with Crippen molar-refractivity contribution < 1.29 is 9.50 Å². The van der Waals surface area contributed by atoms with Crippen LogP contribution in [0.2, 0.25) is 5.02 Å². The summed E-state index contributed by atoms with van der Waals surface area (Å²) in [5, 5.41) is 16.7. The summed E-state index contributed by atoms with van der Waals surface area (Å²) in [6, 6.07) is 6.07. The van der Waals surface area contributed by atoms with E-state index in [4.69, 9.17) is 11.6 Å². The van der Waals surface area contributed by atoms with Gasteiger partial charge in [0.2, 0.25) is 0 Å². The summed E-state index contributed by atoms with van der Waals surface area (Å²) in [5.74, 6) is -0.564. The van der Waals surface area contributed by atoms with Crippen molar-refractivity contribution in [2.75, 3.05) is 0 Å². The molecule has 0 radical (unpaired) electrons. The molecule has 1 aromatic carbocycles. The first-order valence-corrected chi connectivity index (χ1v) is 9.00. The first-order valence-electron chi connectivity index (χ1n) is 8.62. The second kappa shape index (κ2) is 5.93. The summed E-state index contributed by atoms with van der Waals surface area (Å²) >= 11 is 5.97. The van der Waals surface area contributed by atoms with Gasteiger partial charge in [-0.15, -0.1) is 0 Å². The van der Waals surface area contributed by atoms with E-state index in [1.807, 2.05) is 6.92 Å². The summed E-state index contributed by atoms with van der Waals surface area (Å²) in [5.41, 5.74) is -0.207. The molecule has 136 valence electrons. The van der Waals surface area contributed by atoms with Gasteiger partial charge in [0.1, 0.15) is 11.4 Å². The zero-order valence-corrected chi connectivity index (χ0v) is 15.3. The van der Waals surface area contributed by atoms with Crippen molar-refractivity contribution in [1.82, 2.24) is 14.3 Å². The van der Waals surface area contributed by atoms with Crippen LogP contribution in [0.25, 0.3) is 10.9 Å². The Kier molecular flexibility index (Phi) is 3.93. The summed E-state index contributed by atoms with van der Waals surface area (Å²) in [4.78, 5) is 12.6. The smallest absolute Gasteiger partial charge is 0.278 e. The molecule has 2 aromatic heterocycles. The molecule has 4 rings (SSSR count). The maximum Gasteiger partial charge on any atom is 0.278 e. The molecule has 2 heterocycles. The van der Waals surface area contributed by atoms with E-state index in [9.17, 15) is 14.3 Å². The van der Waals surface area contributed by atoms with E-state index in [2.05, 4.69) is 5.10 Å². The Bertz CT molecular complexity index is 1070. The Labute approximate surface area is 154 Å². The van der Waals surface area contributed by atoms with Gasteiger partial charge in [-0.05, 0) is 49.4 Å². The second-order valence-electron chi connectivity index (χ2n) is 6.81. The van der Waals surface area contributed by atoms with E-state index < -0.39 is 11.4 Å². The molecule has 0 saturated heterocycles. The van der Waals surface area contributed by atoms with E-state index in [1.165, 1.54) is 12.1 Å². The number of aliphatic hydroxyl groups is 1. The Hall–Kier alpha value is -2.18. The topological polar surface area (TPSA) is 60.1 Å². The van der Waals surface area contributed by atoms with Crippen LogP contribution in [0.1, 0.15) is 31.0 Å². The number of aryl methyl sites for hydroxylation is 2. The van der Waals surface area contributed by atoms with Gasteiger partial charge < -0.3 is 9.67 Å². The Balaban J connectivity index is 2.01. The molecular formula is C19H19ClFN3O2. The van der Waals surface area contributed by atoms with Crippen LogP contribution in [0.3, 0.4) is 0 Å². The zero-order chi connectivity index (χ0) is 18.6. The molecule has 0 aliphatic heterocycles. The fraction of sp³-hybridized carbons (Fsp3) is 0.368. The number of aromatic nitrogens is 3. The highest BCUT2D eigenvalue weighted by molar-refractivity contribution is 6.30. The standard InChI is InChI=1S/C19H19ClFN3O2/c1-3-24-9-8-13-16(18(24)25)22-23(2)17(13)19(26,11-4-5-11)12-6-7-15(21)14(20)10-12/h6-11,26H,3-5H2,1-2H3. The first-order chi connectivity index (χ1) is 12.4. The Morgan fingerprint density at radius 3 is 2.73 bits per heavy atom. The highest BCUT2D eigenvalue weighted by Gasteiger charge is 2.49. The van der Waals surface area contributed by atoms with E-state index >= 15 is 0 Å². The molecule has 1 fully saturated rings. The van der Waals surface area contributed by atoms with E-state index in [0.717, 1.165) is 12.8 Å². The predicted octanol–water partition coefficient (Wildman–Crippen LogP) is 3.19. The molecule has 1 aliphatic carbocycles. The van der Waals surface area contributed by atoms with Gasteiger partial charge in [0.25, 0.3) is 5.56 Å². The molecule has 0 spiro atoms. The van der Waals surface area contributed by atoms with Crippen LogP contribution in [0.15, 0.2) is 35.3 Å². The summed E-state index contributed by atoms with van der Waals surface area (Å²) < 4.78 is 16.8. The molecule has 1 N–H and O–H groups in total. The maximum atomic E-state index is 13.6. The van der Waals surface area contributed by atoms with Crippen LogP contribution in [0, 0.1) is 11.7 Å². The van der Waals surface area contributed by atoms with Crippen molar-refractivity contribution >= 4 is 22.5 Å². The monoisotopic (exact) mass is 375 g/mol. The molecule has 1 saturated carbocycles. The minimum atomic E-state index is -1.38. The fourth-order valence-corrected chi connectivity index (χ4v) is 3.91. The van der Waals surface area contributed by atoms with Crippen molar-refractivity contribution in [3.63, 3.8) is 0 Å². The highest BCUT2D eigenvalue weighted by atomic mass is 35.5. The molecule has 0 amide bonds. The molecule has 1 atom stereocenters. The first kappa shape index (κ1) is 17.2. The minimum absolute atomic E-state index is 0.0313. The van der Waals surface area contributed by atoms with Crippen molar-refractivity contribution in [2.24, 2.45) is 13.0 Å². The lowest BCUT2D eigenvalue weighted by Crippen LogP contribution is -2.33. The van der Waals surface area contributed by atoms with Crippen LogP contribution in [0.4, 0.5) is 4.39 Å². The zero-order valence-electron chi connectivity index (χ0n) is 14.5. The number of hydrogen-bond donors (Lipinski definition) is 1. The quantitative estimate of drug-likeness (QED) is 0.761. The van der Waals surface area contributed by atoms with Crippen LogP contribution < -0.4 is 5.56 Å². The minimum Gasteiger partial charge on any atom is -0.378 e. The third-order valence-electron chi connectivity index (χ3n) is 5.20. The molecule has 7 heteroatoms. The molecule has 3 aromatic rings. The number of rotatable bonds is 4. The van der Waals surface area contributed by atoms with Gasteiger partial charge in [0.05, 0.1) is 10.7 Å². The van der Waals surface area contributed by atoms with Crippen molar-refractivity contribution in [3.8, 4) is 0 Å². The van der Waals surface area contributed by atoms with Gasteiger partial charge in [-0.25, -0.2) is 4.39 Å². The lowest BCUT2D eigenvalue weighted by Gasteiger charge is -2.30. The molecule has 1 aliphatic rings. The van der Waals surface area contributed by atoms with E-state index in [-0.39, 0.29) is 16.5 Å². The highest BCUT2D eigenvalue weighted by Crippen LogP contribution is 2.51. The summed E-state index contributed by atoms with van der Waals surface area (Å²) in [6.07, 6.45) is 3.38. The van der Waals surface area contributed by atoms with Crippen LogP contribution in [0.5, 0.6) is 0 Å². The number of fused-ring (bicyclic) bond motifs is 1. The normalized spacial score (nSPS) is 16.8. The van der Waals surface area contributed by atoms with E-state index in [0.29, 0.717) is 28.7 Å². The summed E-state index contributed by atoms with van der Waals surface area (Å²) in [6.45, 7) is 2.43. The SMILES string of the molecule is CCn1ccc2c(C(O)(c3ccc(F)c(Cl)c3)C3CC3)n(C)nc2c1=O. The van der Waals surface area contributed by atoms with Crippen LogP contribution in [-0.2, 0) is 19.2 Å². The van der Waals surface area contributed by atoms with Gasteiger partial charge in [0, 0.05) is 25.2 Å². The predicted molar refractivity (Wildman–Crippen MR) is 97.8 cm³/mol. The van der Waals surface area contributed by atoms with E-state index in [1.54, 1.807) is 34.6 Å². The van der Waals surface area contributed by atoms with Crippen molar-refractivity contribution in [3.05, 3.63) is 62.9 Å². The average Bonchev–Trinajstić information content (AvgIpc) is 3.41. The third-order valence-corrected chi connectivity index (χ3v) is 5.49. The van der Waals surface area contributed by atoms with Gasteiger partial charge in [-0.1, -0.05) is 17.7 Å². The lowest BCUT2D eigenvalue weighted by atomic mass is 9.84. The van der Waals surface area contributed by atoms with Crippen molar-refractivity contribution in [2.45, 2.75) is 31.9 Å². The Morgan fingerprint density at radius 1 is 1.38 bits per heavy atom. The van der Waals surface area contributed by atoms with Gasteiger partial charge >= 0.3 is 0 Å². The second-order valence-corrected chi connectivity index (χ2v) is 7.22. The van der Waals surface area contributed by atoms with Crippen LogP contribution in [-0.4, -0.2) is 19.5 Å².